The van der Waals surface area contributed by atoms with E-state index in [1.807, 2.05) is 0 Å². The number of nitro groups is 1. The van der Waals surface area contributed by atoms with Crippen LogP contribution in [0.2, 0.25) is 0 Å². The van der Waals surface area contributed by atoms with Gasteiger partial charge < -0.3 is 19.4 Å². The largest absolute Gasteiger partial charge is 0.497 e. The lowest BCUT2D eigenvalue weighted by atomic mass is 10.3. The van der Waals surface area contributed by atoms with Gasteiger partial charge in [0.15, 0.2) is 6.10 Å². The van der Waals surface area contributed by atoms with Crippen LogP contribution in [0.15, 0.2) is 36.5 Å². The van der Waals surface area contributed by atoms with Gasteiger partial charge in [-0.1, -0.05) is 0 Å². The van der Waals surface area contributed by atoms with Crippen molar-refractivity contribution < 1.29 is 24.0 Å². The Hall–Kier alpha value is -3.36. The lowest BCUT2D eigenvalue weighted by Crippen LogP contribution is -2.30. The first kappa shape index (κ1) is 18.0. The summed E-state index contributed by atoms with van der Waals surface area (Å²) < 4.78 is 11.4. The molecule has 1 atom stereocenters. The van der Waals surface area contributed by atoms with Gasteiger partial charge in [-0.2, -0.15) is 0 Å². The summed E-state index contributed by atoms with van der Waals surface area (Å²) in [7, 11) is 3.01. The molecule has 1 amide bonds. The maximum atomic E-state index is 12.1. The Morgan fingerprint density at radius 3 is 2.44 bits per heavy atom. The highest BCUT2D eigenvalue weighted by Gasteiger charge is 2.23. The van der Waals surface area contributed by atoms with Crippen LogP contribution < -0.4 is 10.1 Å². The van der Waals surface area contributed by atoms with E-state index in [9.17, 15) is 19.7 Å². The third-order valence-corrected chi connectivity index (χ3v) is 3.42. The molecule has 0 aliphatic heterocycles. The number of aryl methyl sites for hydroxylation is 1. The molecule has 2 rings (SSSR count). The van der Waals surface area contributed by atoms with E-state index in [1.54, 1.807) is 24.3 Å². The third-order valence-electron chi connectivity index (χ3n) is 3.42. The molecule has 1 unspecified atom stereocenters. The molecule has 0 spiro atoms. The van der Waals surface area contributed by atoms with E-state index in [4.69, 9.17) is 9.47 Å². The number of carbonyl (C=O) groups excluding carboxylic acids is 2. The molecule has 132 valence electrons. The lowest BCUT2D eigenvalue weighted by Gasteiger charge is -2.13. The Morgan fingerprint density at radius 2 is 1.92 bits per heavy atom. The first-order valence-corrected chi connectivity index (χ1v) is 7.28. The van der Waals surface area contributed by atoms with Gasteiger partial charge in [-0.05, 0) is 31.2 Å². The van der Waals surface area contributed by atoms with Crippen LogP contribution in [0.1, 0.15) is 17.4 Å². The lowest BCUT2D eigenvalue weighted by molar-refractivity contribution is -0.384. The van der Waals surface area contributed by atoms with E-state index in [2.05, 4.69) is 5.32 Å². The molecule has 25 heavy (non-hydrogen) atoms. The van der Waals surface area contributed by atoms with E-state index >= 15 is 0 Å². The SMILES string of the molecule is COc1ccc(NC(=O)C(C)OC(=O)c2cc([N+](=O)[O-])cn2C)cc1. The zero-order chi connectivity index (χ0) is 18.6. The first-order valence-electron chi connectivity index (χ1n) is 7.28. The van der Waals surface area contributed by atoms with E-state index in [1.165, 1.54) is 31.8 Å². The topological polar surface area (TPSA) is 113 Å². The van der Waals surface area contributed by atoms with Gasteiger partial charge in [-0.3, -0.25) is 14.9 Å². The molecule has 9 heteroatoms. The number of amides is 1. The summed E-state index contributed by atoms with van der Waals surface area (Å²) in [6, 6.07) is 7.73. The molecule has 0 aliphatic carbocycles. The maximum Gasteiger partial charge on any atom is 0.355 e. The predicted molar refractivity (Wildman–Crippen MR) is 88.6 cm³/mol. The van der Waals surface area contributed by atoms with Gasteiger partial charge in [0.25, 0.3) is 11.6 Å². The van der Waals surface area contributed by atoms with E-state index in [0.29, 0.717) is 11.4 Å². The number of nitrogens with one attached hydrogen (secondary N) is 1. The quantitative estimate of drug-likeness (QED) is 0.486. The minimum atomic E-state index is -1.08. The molecule has 9 nitrogen and oxygen atoms in total. The fraction of sp³-hybridized carbons (Fsp3) is 0.250. The predicted octanol–water partition coefficient (Wildman–Crippen LogP) is 2.13. The summed E-state index contributed by atoms with van der Waals surface area (Å²) >= 11 is 0. The van der Waals surface area contributed by atoms with Crippen LogP contribution in [0.5, 0.6) is 5.75 Å². The molecule has 0 saturated carbocycles. The second-order valence-corrected chi connectivity index (χ2v) is 5.22. The Kier molecular flexibility index (Phi) is 5.38. The van der Waals surface area contributed by atoms with Crippen LogP contribution >= 0.6 is 0 Å². The van der Waals surface area contributed by atoms with Gasteiger partial charge in [-0.25, -0.2) is 4.79 Å². The fourth-order valence-electron chi connectivity index (χ4n) is 2.04. The number of esters is 1. The minimum Gasteiger partial charge on any atom is -0.497 e. The number of hydrogen-bond donors (Lipinski definition) is 1. The minimum absolute atomic E-state index is 0.0178. The number of aromatic nitrogens is 1. The fourth-order valence-corrected chi connectivity index (χ4v) is 2.04. The van der Waals surface area contributed by atoms with Gasteiger partial charge >= 0.3 is 5.97 Å². The number of rotatable bonds is 6. The van der Waals surface area contributed by atoms with Crippen LogP contribution in [0.4, 0.5) is 11.4 Å². The number of anilines is 1. The summed E-state index contributed by atoms with van der Waals surface area (Å²) in [6.45, 7) is 1.41. The molecular weight excluding hydrogens is 330 g/mol. The number of hydrogen-bond acceptors (Lipinski definition) is 6. The van der Waals surface area contributed by atoms with Gasteiger partial charge in [0.05, 0.1) is 18.2 Å². The maximum absolute atomic E-state index is 12.1. The van der Waals surface area contributed by atoms with E-state index in [-0.39, 0.29) is 11.4 Å². The average molecular weight is 347 g/mol. The number of carbonyl (C=O) groups is 2. The normalized spacial score (nSPS) is 11.5. The van der Waals surface area contributed by atoms with Gasteiger partial charge in [-0.15, -0.1) is 0 Å². The van der Waals surface area contributed by atoms with Crippen molar-refractivity contribution in [2.75, 3.05) is 12.4 Å². The van der Waals surface area contributed by atoms with Crippen molar-refractivity contribution in [3.05, 3.63) is 52.3 Å². The third kappa shape index (κ3) is 4.34. The zero-order valence-electron chi connectivity index (χ0n) is 13.9. The highest BCUT2D eigenvalue weighted by Crippen LogP contribution is 2.18. The van der Waals surface area contributed by atoms with Crippen LogP contribution in [-0.2, 0) is 16.6 Å². The number of ether oxygens (including phenoxy) is 2. The molecular formula is C16H17N3O6. The Morgan fingerprint density at radius 1 is 1.28 bits per heavy atom. The number of benzene rings is 1. The molecule has 2 aromatic rings. The zero-order valence-corrected chi connectivity index (χ0v) is 13.9. The van der Waals surface area contributed by atoms with Gasteiger partial charge in [0.1, 0.15) is 11.4 Å². The van der Waals surface area contributed by atoms with Crippen LogP contribution in [-0.4, -0.2) is 34.6 Å². The second-order valence-electron chi connectivity index (χ2n) is 5.22. The standard InChI is InChI=1S/C16H17N3O6/c1-10(15(20)17-11-4-6-13(24-3)7-5-11)25-16(21)14-8-12(19(22)23)9-18(14)2/h4-10H,1-3H3,(H,17,20). The molecule has 0 fully saturated rings. The Labute approximate surface area is 143 Å². The highest BCUT2D eigenvalue weighted by atomic mass is 16.6. The van der Waals surface area contributed by atoms with Crippen molar-refractivity contribution in [2.45, 2.75) is 13.0 Å². The second kappa shape index (κ2) is 7.47. The van der Waals surface area contributed by atoms with Gasteiger partial charge in [0.2, 0.25) is 0 Å². The monoisotopic (exact) mass is 347 g/mol. The smallest absolute Gasteiger partial charge is 0.355 e. The molecule has 1 aromatic carbocycles. The summed E-state index contributed by atoms with van der Waals surface area (Å²) in [5, 5.41) is 13.3. The van der Waals surface area contributed by atoms with Crippen molar-refractivity contribution >= 4 is 23.3 Å². The van der Waals surface area contributed by atoms with Crippen LogP contribution in [0.25, 0.3) is 0 Å². The van der Waals surface area contributed by atoms with Gasteiger partial charge in [0, 0.05) is 18.8 Å². The Balaban J connectivity index is 2.00. The summed E-state index contributed by atoms with van der Waals surface area (Å²) in [5.74, 6) is -0.710. The molecule has 1 N–H and O–H groups in total. The number of methoxy groups -OCH3 is 1. The first-order chi connectivity index (χ1) is 11.8. The summed E-state index contributed by atoms with van der Waals surface area (Å²) in [4.78, 5) is 34.3. The molecule has 0 bridgehead atoms. The van der Waals surface area contributed by atoms with Crippen LogP contribution in [0.3, 0.4) is 0 Å². The van der Waals surface area contributed by atoms with Crippen molar-refractivity contribution in [1.29, 1.82) is 0 Å². The Bertz CT molecular complexity index is 797. The van der Waals surface area contributed by atoms with Crippen molar-refractivity contribution in [1.82, 2.24) is 4.57 Å². The highest BCUT2D eigenvalue weighted by molar-refractivity contribution is 5.97. The average Bonchev–Trinajstić information content (AvgIpc) is 2.97. The van der Waals surface area contributed by atoms with Crippen molar-refractivity contribution in [2.24, 2.45) is 7.05 Å². The van der Waals surface area contributed by atoms with E-state index in [0.717, 1.165) is 6.07 Å². The molecule has 0 saturated heterocycles. The molecule has 0 radical (unpaired) electrons. The summed E-state index contributed by atoms with van der Waals surface area (Å²) in [5.41, 5.74) is 0.267. The number of nitrogens with zero attached hydrogens (tertiary/aromatic N) is 2. The molecule has 1 aromatic heterocycles. The van der Waals surface area contributed by atoms with Crippen LogP contribution in [0, 0.1) is 10.1 Å². The van der Waals surface area contributed by atoms with E-state index < -0.39 is 22.9 Å². The summed E-state index contributed by atoms with van der Waals surface area (Å²) in [6.07, 6.45) is 0.113. The van der Waals surface area contributed by atoms with Crippen molar-refractivity contribution in [3.63, 3.8) is 0 Å². The van der Waals surface area contributed by atoms with Crippen molar-refractivity contribution in [3.8, 4) is 5.75 Å². The molecule has 0 aliphatic rings. The molecule has 1 heterocycles.